The maximum Gasteiger partial charge on any atom is 0.258 e. The van der Waals surface area contributed by atoms with Crippen LogP contribution in [-0.2, 0) is 22.7 Å². The Morgan fingerprint density at radius 2 is 1.83 bits per heavy atom. The molecule has 1 atom stereocenters. The van der Waals surface area contributed by atoms with E-state index in [0.717, 1.165) is 11.1 Å². The zero-order chi connectivity index (χ0) is 21.4. The van der Waals surface area contributed by atoms with Crippen LogP contribution in [0.25, 0.3) is 0 Å². The molecule has 4 amide bonds. The highest BCUT2D eigenvalue weighted by Crippen LogP contribution is 2.30. The molecule has 0 aromatic heterocycles. The molecule has 0 spiro atoms. The zero-order valence-corrected chi connectivity index (χ0v) is 17.2. The van der Waals surface area contributed by atoms with Gasteiger partial charge in [0.25, 0.3) is 11.8 Å². The number of rotatable bonds is 3. The Kier molecular flexibility index (Phi) is 5.60. The standard InChI is InChI=1S/C21H17Cl2N3O4/c22-15-5-4-11(8-16(15)23)19(28)25-20(29)13-3-1-2-12-9-26(10-14(12)13)17-6-7-18(27)24-21(17)30/h1-5,8,17H,6-7,9-10H2,(H,24,27,30)(H,25,28,29). The number of nitrogens with zero attached hydrogens (tertiary/aromatic N) is 1. The lowest BCUT2D eigenvalue weighted by molar-refractivity contribution is -0.137. The summed E-state index contributed by atoms with van der Waals surface area (Å²) in [4.78, 5) is 50.8. The number of benzene rings is 2. The summed E-state index contributed by atoms with van der Waals surface area (Å²) in [7, 11) is 0. The highest BCUT2D eigenvalue weighted by atomic mass is 35.5. The lowest BCUT2D eigenvalue weighted by Gasteiger charge is -2.29. The van der Waals surface area contributed by atoms with Gasteiger partial charge in [0.1, 0.15) is 0 Å². The first kappa shape index (κ1) is 20.5. The quantitative estimate of drug-likeness (QED) is 0.707. The topological polar surface area (TPSA) is 95.6 Å². The average Bonchev–Trinajstić information content (AvgIpc) is 3.13. The Bertz CT molecular complexity index is 1090. The number of carbonyl (C=O) groups excluding carboxylic acids is 4. The van der Waals surface area contributed by atoms with Crippen molar-refractivity contribution >= 4 is 46.8 Å². The summed E-state index contributed by atoms with van der Waals surface area (Å²) in [5, 5.41) is 5.27. The molecule has 0 radical (unpaired) electrons. The van der Waals surface area contributed by atoms with Gasteiger partial charge >= 0.3 is 0 Å². The van der Waals surface area contributed by atoms with Gasteiger partial charge in [0.15, 0.2) is 0 Å². The Morgan fingerprint density at radius 3 is 2.57 bits per heavy atom. The van der Waals surface area contributed by atoms with Crippen molar-refractivity contribution in [1.82, 2.24) is 15.5 Å². The normalized spacial score (nSPS) is 18.7. The number of hydrogen-bond donors (Lipinski definition) is 2. The molecule has 1 unspecified atom stereocenters. The summed E-state index contributed by atoms with van der Waals surface area (Å²) in [5.74, 6) is -1.71. The third kappa shape index (κ3) is 3.96. The molecule has 2 aromatic rings. The highest BCUT2D eigenvalue weighted by Gasteiger charge is 2.36. The summed E-state index contributed by atoms with van der Waals surface area (Å²) >= 11 is 11.8. The van der Waals surface area contributed by atoms with Crippen molar-refractivity contribution in [2.75, 3.05) is 0 Å². The van der Waals surface area contributed by atoms with E-state index in [1.54, 1.807) is 12.1 Å². The van der Waals surface area contributed by atoms with Crippen molar-refractivity contribution in [1.29, 1.82) is 0 Å². The largest absolute Gasteiger partial charge is 0.295 e. The van der Waals surface area contributed by atoms with Gasteiger partial charge in [-0.15, -0.1) is 0 Å². The molecule has 0 saturated carbocycles. The van der Waals surface area contributed by atoms with E-state index in [0.29, 0.717) is 30.1 Å². The van der Waals surface area contributed by atoms with E-state index < -0.39 is 17.9 Å². The van der Waals surface area contributed by atoms with E-state index in [1.165, 1.54) is 18.2 Å². The van der Waals surface area contributed by atoms with Crippen molar-refractivity contribution in [3.63, 3.8) is 0 Å². The lowest BCUT2D eigenvalue weighted by atomic mass is 10.0. The van der Waals surface area contributed by atoms with Crippen LogP contribution in [0.15, 0.2) is 36.4 Å². The third-order valence-electron chi connectivity index (χ3n) is 5.31. The van der Waals surface area contributed by atoms with Crippen molar-refractivity contribution in [3.8, 4) is 0 Å². The lowest BCUT2D eigenvalue weighted by Crippen LogP contribution is -2.50. The summed E-state index contributed by atoms with van der Waals surface area (Å²) in [5.41, 5.74) is 2.27. The van der Waals surface area contributed by atoms with Crippen LogP contribution in [0.4, 0.5) is 0 Å². The first-order chi connectivity index (χ1) is 14.3. The summed E-state index contributed by atoms with van der Waals surface area (Å²) in [6.45, 7) is 0.871. The molecule has 30 heavy (non-hydrogen) atoms. The van der Waals surface area contributed by atoms with Crippen LogP contribution in [0.3, 0.4) is 0 Å². The second kappa shape index (κ2) is 8.18. The van der Waals surface area contributed by atoms with Gasteiger partial charge in [-0.2, -0.15) is 0 Å². The molecule has 7 nitrogen and oxygen atoms in total. The first-order valence-electron chi connectivity index (χ1n) is 9.32. The number of halogens is 2. The molecule has 2 N–H and O–H groups in total. The molecule has 2 aromatic carbocycles. The van der Waals surface area contributed by atoms with Gasteiger partial charge < -0.3 is 0 Å². The Balaban J connectivity index is 1.51. The summed E-state index contributed by atoms with van der Waals surface area (Å²) in [6.07, 6.45) is 0.727. The Labute approximate surface area is 182 Å². The molecule has 1 fully saturated rings. The minimum absolute atomic E-state index is 0.218. The number of imide groups is 2. The van der Waals surface area contributed by atoms with Crippen LogP contribution in [0, 0.1) is 0 Å². The van der Waals surface area contributed by atoms with Gasteiger partial charge in [0.2, 0.25) is 11.8 Å². The molecule has 154 valence electrons. The molecule has 2 aliphatic heterocycles. The fourth-order valence-electron chi connectivity index (χ4n) is 3.79. The third-order valence-corrected chi connectivity index (χ3v) is 6.05. The molecular weight excluding hydrogens is 429 g/mol. The fourth-order valence-corrected chi connectivity index (χ4v) is 4.09. The van der Waals surface area contributed by atoms with Crippen LogP contribution < -0.4 is 10.6 Å². The molecule has 4 rings (SSSR count). The van der Waals surface area contributed by atoms with E-state index in [9.17, 15) is 19.2 Å². The minimum atomic E-state index is -0.587. The molecule has 2 heterocycles. The predicted octanol–water partition coefficient (Wildman–Crippen LogP) is 2.68. The second-order valence-electron chi connectivity index (χ2n) is 7.23. The monoisotopic (exact) mass is 445 g/mol. The molecule has 0 bridgehead atoms. The highest BCUT2D eigenvalue weighted by molar-refractivity contribution is 6.42. The van der Waals surface area contributed by atoms with Crippen LogP contribution in [0.2, 0.25) is 10.0 Å². The van der Waals surface area contributed by atoms with E-state index in [4.69, 9.17) is 23.2 Å². The van der Waals surface area contributed by atoms with Gasteiger partial charge in [-0.3, -0.25) is 34.7 Å². The maximum atomic E-state index is 12.8. The molecule has 1 saturated heterocycles. The SMILES string of the molecule is O=C1CCC(N2Cc3cccc(C(=O)NC(=O)c4ccc(Cl)c(Cl)c4)c3C2)C(=O)N1. The first-order valence-corrected chi connectivity index (χ1v) is 10.1. The van der Waals surface area contributed by atoms with E-state index in [-0.39, 0.29) is 28.8 Å². The summed E-state index contributed by atoms with van der Waals surface area (Å²) < 4.78 is 0. The van der Waals surface area contributed by atoms with Crippen LogP contribution >= 0.6 is 23.2 Å². The molecular formula is C21H17Cl2N3O4. The number of nitrogens with one attached hydrogen (secondary N) is 2. The predicted molar refractivity (Wildman–Crippen MR) is 110 cm³/mol. The number of hydrogen-bond acceptors (Lipinski definition) is 5. The van der Waals surface area contributed by atoms with Crippen molar-refractivity contribution in [2.24, 2.45) is 0 Å². The van der Waals surface area contributed by atoms with Crippen LogP contribution in [0.1, 0.15) is 44.7 Å². The Morgan fingerprint density at radius 1 is 1.03 bits per heavy atom. The van der Waals surface area contributed by atoms with E-state index in [1.807, 2.05) is 11.0 Å². The van der Waals surface area contributed by atoms with Gasteiger partial charge in [-0.05, 0) is 41.8 Å². The number of fused-ring (bicyclic) bond motifs is 1. The average molecular weight is 446 g/mol. The Hall–Kier alpha value is -2.74. The molecule has 2 aliphatic rings. The summed E-state index contributed by atoms with van der Waals surface area (Å²) in [6, 6.07) is 9.21. The van der Waals surface area contributed by atoms with Crippen LogP contribution in [-0.4, -0.2) is 34.6 Å². The fraction of sp³-hybridized carbons (Fsp3) is 0.238. The molecule has 9 heteroatoms. The van der Waals surface area contributed by atoms with E-state index >= 15 is 0 Å². The number of amides is 4. The van der Waals surface area contributed by atoms with E-state index in [2.05, 4.69) is 10.6 Å². The van der Waals surface area contributed by atoms with Crippen molar-refractivity contribution in [2.45, 2.75) is 32.0 Å². The maximum absolute atomic E-state index is 12.8. The van der Waals surface area contributed by atoms with Gasteiger partial charge in [0.05, 0.1) is 16.1 Å². The molecule has 0 aliphatic carbocycles. The van der Waals surface area contributed by atoms with Gasteiger partial charge in [-0.25, -0.2) is 0 Å². The zero-order valence-electron chi connectivity index (χ0n) is 15.7. The smallest absolute Gasteiger partial charge is 0.258 e. The van der Waals surface area contributed by atoms with Crippen molar-refractivity contribution < 1.29 is 19.2 Å². The van der Waals surface area contributed by atoms with Gasteiger partial charge in [0, 0.05) is 30.6 Å². The minimum Gasteiger partial charge on any atom is -0.295 e. The second-order valence-corrected chi connectivity index (χ2v) is 8.04. The van der Waals surface area contributed by atoms with Gasteiger partial charge in [-0.1, -0.05) is 35.3 Å². The van der Waals surface area contributed by atoms with Crippen molar-refractivity contribution in [3.05, 3.63) is 68.7 Å². The number of piperidine rings is 1. The van der Waals surface area contributed by atoms with Crippen LogP contribution in [0.5, 0.6) is 0 Å². The number of carbonyl (C=O) groups is 4.